The van der Waals surface area contributed by atoms with Crippen molar-refractivity contribution in [3.8, 4) is 11.8 Å². The summed E-state index contributed by atoms with van der Waals surface area (Å²) in [6.07, 6.45) is 5.13. The Labute approximate surface area is 166 Å². The number of hydrogen-bond donors (Lipinski definition) is 0. The molecule has 2 aromatic rings. The molecule has 0 bridgehead atoms. The van der Waals surface area contributed by atoms with Gasteiger partial charge < -0.3 is 4.74 Å². The van der Waals surface area contributed by atoms with Gasteiger partial charge in [-0.3, -0.25) is 0 Å². The van der Waals surface area contributed by atoms with E-state index in [1.165, 1.54) is 10.4 Å². The summed E-state index contributed by atoms with van der Waals surface area (Å²) in [5, 5.41) is 10.5. The highest BCUT2D eigenvalue weighted by atomic mass is 32.1. The molecule has 1 aliphatic rings. The number of fused-ring (bicyclic) bond motifs is 1. The lowest BCUT2D eigenvalue weighted by Crippen LogP contribution is -2.26. The van der Waals surface area contributed by atoms with Gasteiger partial charge in [-0.05, 0) is 62.1 Å². The van der Waals surface area contributed by atoms with Crippen LogP contribution in [0.15, 0.2) is 29.3 Å². The molecule has 3 rings (SSSR count). The second kappa shape index (κ2) is 7.86. The summed E-state index contributed by atoms with van der Waals surface area (Å²) in [4.78, 5) is 6.04. The van der Waals surface area contributed by atoms with E-state index < -0.39 is 0 Å². The molecule has 0 spiro atoms. The van der Waals surface area contributed by atoms with Crippen LogP contribution in [0.2, 0.25) is 0 Å². The zero-order chi connectivity index (χ0) is 19.6. The third-order valence-electron chi connectivity index (χ3n) is 5.19. The van der Waals surface area contributed by atoms with Crippen molar-refractivity contribution in [3.63, 3.8) is 0 Å². The zero-order valence-corrected chi connectivity index (χ0v) is 17.7. The van der Waals surface area contributed by atoms with Crippen LogP contribution in [0.3, 0.4) is 0 Å². The summed E-state index contributed by atoms with van der Waals surface area (Å²) in [5.41, 5.74) is 3.22. The standard InChI is InChI=1S/C23H28N2OS/c1-15(2)26-20-9-7-6-8-16(20)14-25-22-19(13-24)18-11-10-17(23(3,4)5)12-21(18)27-22/h6-9,14-15,17H,10-12H2,1-5H3/t17-/m0/s1. The van der Waals surface area contributed by atoms with Crippen molar-refractivity contribution in [1.82, 2.24) is 0 Å². The summed E-state index contributed by atoms with van der Waals surface area (Å²) >= 11 is 1.68. The van der Waals surface area contributed by atoms with Gasteiger partial charge in [-0.25, -0.2) is 4.99 Å². The van der Waals surface area contributed by atoms with Crippen LogP contribution in [0, 0.1) is 22.7 Å². The van der Waals surface area contributed by atoms with Crippen LogP contribution in [0.4, 0.5) is 5.00 Å². The number of rotatable bonds is 4. The van der Waals surface area contributed by atoms with Crippen LogP contribution in [0.25, 0.3) is 0 Å². The number of thiophene rings is 1. The Kier molecular flexibility index (Phi) is 5.72. The van der Waals surface area contributed by atoms with Crippen molar-refractivity contribution in [2.75, 3.05) is 0 Å². The molecule has 0 saturated carbocycles. The maximum atomic E-state index is 9.72. The highest BCUT2D eigenvalue weighted by molar-refractivity contribution is 7.16. The van der Waals surface area contributed by atoms with Gasteiger partial charge >= 0.3 is 0 Å². The van der Waals surface area contributed by atoms with E-state index in [-0.39, 0.29) is 6.10 Å². The Hall–Kier alpha value is -2.12. The number of hydrogen-bond acceptors (Lipinski definition) is 4. The molecule has 142 valence electrons. The molecule has 0 fully saturated rings. The van der Waals surface area contributed by atoms with Crippen molar-refractivity contribution >= 4 is 22.6 Å². The Morgan fingerprint density at radius 3 is 2.70 bits per heavy atom. The molecule has 4 heteroatoms. The average molecular weight is 381 g/mol. The predicted molar refractivity (Wildman–Crippen MR) is 113 cm³/mol. The van der Waals surface area contributed by atoms with Gasteiger partial charge in [0, 0.05) is 16.7 Å². The van der Waals surface area contributed by atoms with E-state index in [4.69, 9.17) is 9.73 Å². The van der Waals surface area contributed by atoms with E-state index in [0.29, 0.717) is 11.3 Å². The molecule has 0 amide bonds. The van der Waals surface area contributed by atoms with E-state index in [0.717, 1.165) is 41.1 Å². The lowest BCUT2D eigenvalue weighted by Gasteiger charge is -2.33. The van der Waals surface area contributed by atoms with Crippen molar-refractivity contribution in [3.05, 3.63) is 45.8 Å². The first kappa shape index (κ1) is 19.6. The molecule has 1 atom stereocenters. The fraction of sp³-hybridized carbons (Fsp3) is 0.478. The Morgan fingerprint density at radius 2 is 2.04 bits per heavy atom. The predicted octanol–water partition coefficient (Wildman–Crippen LogP) is 6.31. The topological polar surface area (TPSA) is 45.4 Å². The van der Waals surface area contributed by atoms with Crippen molar-refractivity contribution in [1.29, 1.82) is 5.26 Å². The van der Waals surface area contributed by atoms with Gasteiger partial charge in [0.1, 0.15) is 16.8 Å². The first-order valence-corrected chi connectivity index (χ1v) is 10.5. The smallest absolute Gasteiger partial charge is 0.134 e. The van der Waals surface area contributed by atoms with Crippen LogP contribution in [0.1, 0.15) is 62.6 Å². The van der Waals surface area contributed by atoms with Crippen LogP contribution >= 0.6 is 11.3 Å². The Balaban J connectivity index is 1.90. The summed E-state index contributed by atoms with van der Waals surface area (Å²) in [7, 11) is 0. The van der Waals surface area contributed by atoms with E-state index in [1.54, 1.807) is 11.3 Å². The van der Waals surface area contributed by atoms with Crippen LogP contribution in [-0.2, 0) is 12.8 Å². The quantitative estimate of drug-likeness (QED) is 0.584. The van der Waals surface area contributed by atoms with E-state index in [1.807, 2.05) is 44.3 Å². The molecule has 27 heavy (non-hydrogen) atoms. The number of ether oxygens (including phenoxy) is 1. The van der Waals surface area contributed by atoms with Crippen molar-refractivity contribution < 1.29 is 4.74 Å². The number of nitrogens with zero attached hydrogens (tertiary/aromatic N) is 2. The number of aliphatic imine (C=N–C) groups is 1. The zero-order valence-electron chi connectivity index (χ0n) is 16.9. The normalized spacial score (nSPS) is 17.1. The molecular weight excluding hydrogens is 352 g/mol. The lowest BCUT2D eigenvalue weighted by molar-refractivity contribution is 0.218. The maximum absolute atomic E-state index is 9.72. The molecular formula is C23H28N2OS. The molecule has 1 aromatic heterocycles. The largest absolute Gasteiger partial charge is 0.490 e. The van der Waals surface area contributed by atoms with E-state index >= 15 is 0 Å². The monoisotopic (exact) mass is 380 g/mol. The minimum atomic E-state index is 0.109. The summed E-state index contributed by atoms with van der Waals surface area (Å²) in [6, 6.07) is 10.3. The second-order valence-corrected chi connectivity index (χ2v) is 9.65. The Morgan fingerprint density at radius 1 is 1.30 bits per heavy atom. The minimum Gasteiger partial charge on any atom is -0.490 e. The van der Waals surface area contributed by atoms with E-state index in [9.17, 15) is 5.26 Å². The third kappa shape index (κ3) is 4.42. The van der Waals surface area contributed by atoms with Gasteiger partial charge in [0.25, 0.3) is 0 Å². The number of benzene rings is 1. The first-order chi connectivity index (χ1) is 12.8. The Bertz CT molecular complexity index is 881. The van der Waals surface area contributed by atoms with Gasteiger partial charge in [0.15, 0.2) is 0 Å². The van der Waals surface area contributed by atoms with Gasteiger partial charge in [-0.2, -0.15) is 5.26 Å². The highest BCUT2D eigenvalue weighted by Crippen LogP contribution is 2.44. The third-order valence-corrected chi connectivity index (χ3v) is 6.35. The molecule has 1 heterocycles. The van der Waals surface area contributed by atoms with Gasteiger partial charge in [-0.15, -0.1) is 11.3 Å². The molecule has 0 unspecified atom stereocenters. The van der Waals surface area contributed by atoms with Crippen LogP contribution in [0.5, 0.6) is 5.75 Å². The molecule has 1 aliphatic carbocycles. The van der Waals surface area contributed by atoms with Crippen molar-refractivity contribution in [2.45, 2.75) is 60.0 Å². The number of nitriles is 1. The number of para-hydroxylation sites is 1. The van der Waals surface area contributed by atoms with Crippen LogP contribution < -0.4 is 4.74 Å². The molecule has 3 nitrogen and oxygen atoms in total. The molecule has 0 aliphatic heterocycles. The average Bonchev–Trinajstić information content (AvgIpc) is 2.96. The second-order valence-electron chi connectivity index (χ2n) is 8.56. The summed E-state index contributed by atoms with van der Waals surface area (Å²) in [5.74, 6) is 1.48. The maximum Gasteiger partial charge on any atom is 0.134 e. The minimum absolute atomic E-state index is 0.109. The first-order valence-electron chi connectivity index (χ1n) is 9.64. The van der Waals surface area contributed by atoms with Gasteiger partial charge in [0.2, 0.25) is 0 Å². The summed E-state index contributed by atoms with van der Waals surface area (Å²) < 4.78 is 5.87. The summed E-state index contributed by atoms with van der Waals surface area (Å²) in [6.45, 7) is 11.0. The fourth-order valence-electron chi connectivity index (χ4n) is 3.59. The van der Waals surface area contributed by atoms with Crippen LogP contribution in [-0.4, -0.2) is 12.3 Å². The van der Waals surface area contributed by atoms with E-state index in [2.05, 4.69) is 26.8 Å². The molecule has 0 radical (unpaired) electrons. The molecule has 1 aromatic carbocycles. The fourth-order valence-corrected chi connectivity index (χ4v) is 4.82. The highest BCUT2D eigenvalue weighted by Gasteiger charge is 2.32. The van der Waals surface area contributed by atoms with Gasteiger partial charge in [-0.1, -0.05) is 32.9 Å². The molecule has 0 N–H and O–H groups in total. The SMILES string of the molecule is CC(C)Oc1ccccc1C=Nc1sc2c(c1C#N)CC[C@H](C(C)(C)C)C2. The lowest BCUT2D eigenvalue weighted by atomic mass is 9.72. The van der Waals surface area contributed by atoms with Crippen molar-refractivity contribution in [2.24, 2.45) is 16.3 Å². The molecule has 0 saturated heterocycles. The van der Waals surface area contributed by atoms with Gasteiger partial charge in [0.05, 0.1) is 11.7 Å².